The summed E-state index contributed by atoms with van der Waals surface area (Å²) < 4.78 is 13.1. The monoisotopic (exact) mass is 383 g/mol. The fraction of sp³-hybridized carbons (Fsp3) is 0.278. The highest BCUT2D eigenvalue weighted by molar-refractivity contribution is 6.31. The lowest BCUT2D eigenvalue weighted by Gasteiger charge is -2.35. The number of rotatable bonds is 3. The van der Waals surface area contributed by atoms with Crippen LogP contribution in [-0.4, -0.2) is 41.9 Å². The number of nitrogen functional groups attached to an aromatic ring is 1. The Morgan fingerprint density at radius 1 is 1.08 bits per heavy atom. The van der Waals surface area contributed by atoms with E-state index < -0.39 is 0 Å². The van der Waals surface area contributed by atoms with Gasteiger partial charge in [-0.2, -0.15) is 0 Å². The zero-order valence-corrected chi connectivity index (χ0v) is 15.2. The molecule has 4 nitrogen and oxygen atoms in total. The van der Waals surface area contributed by atoms with Gasteiger partial charge in [-0.1, -0.05) is 17.7 Å². The summed E-state index contributed by atoms with van der Waals surface area (Å²) in [4.78, 5) is 16.5. The first-order valence-electron chi connectivity index (χ1n) is 7.84. The van der Waals surface area contributed by atoms with Crippen LogP contribution in [0, 0.1) is 5.82 Å². The van der Waals surface area contributed by atoms with Crippen LogP contribution in [0.5, 0.6) is 0 Å². The number of carbonyl (C=O) groups is 1. The Balaban J connectivity index is 0.00000225. The van der Waals surface area contributed by atoms with Gasteiger partial charge in [0.1, 0.15) is 5.82 Å². The van der Waals surface area contributed by atoms with Crippen LogP contribution in [0.4, 0.5) is 10.1 Å². The molecule has 7 heteroatoms. The van der Waals surface area contributed by atoms with Gasteiger partial charge in [0.05, 0.1) is 0 Å². The highest BCUT2D eigenvalue weighted by atomic mass is 35.5. The average molecular weight is 384 g/mol. The molecule has 1 fully saturated rings. The van der Waals surface area contributed by atoms with Crippen molar-refractivity contribution in [3.8, 4) is 0 Å². The second kappa shape index (κ2) is 8.52. The van der Waals surface area contributed by atoms with Crippen molar-refractivity contribution in [1.82, 2.24) is 9.80 Å². The van der Waals surface area contributed by atoms with Crippen molar-refractivity contribution in [3.05, 3.63) is 64.4 Å². The molecular weight excluding hydrogens is 364 g/mol. The molecule has 0 atom stereocenters. The van der Waals surface area contributed by atoms with Crippen LogP contribution in [0.15, 0.2) is 42.5 Å². The second-order valence-electron chi connectivity index (χ2n) is 5.93. The minimum atomic E-state index is -0.331. The number of nitrogens with zero attached hydrogens (tertiary/aromatic N) is 2. The van der Waals surface area contributed by atoms with Crippen molar-refractivity contribution < 1.29 is 9.18 Å². The van der Waals surface area contributed by atoms with E-state index in [0.717, 1.165) is 18.7 Å². The largest absolute Gasteiger partial charge is 0.399 e. The molecule has 0 aliphatic carbocycles. The van der Waals surface area contributed by atoms with E-state index in [0.29, 0.717) is 35.9 Å². The molecule has 1 aliphatic rings. The van der Waals surface area contributed by atoms with Crippen LogP contribution in [0.3, 0.4) is 0 Å². The first-order chi connectivity index (χ1) is 11.5. The number of hydrogen-bond donors (Lipinski definition) is 1. The fourth-order valence-electron chi connectivity index (χ4n) is 2.81. The molecule has 1 saturated heterocycles. The van der Waals surface area contributed by atoms with Crippen molar-refractivity contribution in [2.24, 2.45) is 0 Å². The van der Waals surface area contributed by atoms with Crippen LogP contribution >= 0.6 is 24.0 Å². The molecule has 1 amide bonds. The normalized spacial score (nSPS) is 14.9. The predicted octanol–water partition coefficient (Wildman–Crippen LogP) is 3.44. The number of carbonyl (C=O) groups excluding carboxylic acids is 1. The number of anilines is 1. The number of nitrogens with two attached hydrogens (primary N) is 1. The summed E-state index contributed by atoms with van der Waals surface area (Å²) in [5.74, 6) is -0.308. The second-order valence-corrected chi connectivity index (χ2v) is 6.33. The summed E-state index contributed by atoms with van der Waals surface area (Å²) in [6, 6.07) is 11.4. The Morgan fingerprint density at radius 3 is 2.32 bits per heavy atom. The molecule has 0 saturated carbocycles. The first-order valence-corrected chi connectivity index (χ1v) is 8.22. The number of hydrogen-bond acceptors (Lipinski definition) is 3. The first kappa shape index (κ1) is 19.5. The minimum Gasteiger partial charge on any atom is -0.399 e. The van der Waals surface area contributed by atoms with E-state index in [4.69, 9.17) is 17.3 Å². The lowest BCUT2D eigenvalue weighted by molar-refractivity contribution is 0.0628. The van der Waals surface area contributed by atoms with E-state index in [-0.39, 0.29) is 24.1 Å². The predicted molar refractivity (Wildman–Crippen MR) is 101 cm³/mol. The molecule has 1 aliphatic heterocycles. The molecule has 0 aromatic heterocycles. The Kier molecular flexibility index (Phi) is 6.64. The lowest BCUT2D eigenvalue weighted by atomic mass is 10.1. The van der Waals surface area contributed by atoms with Crippen LogP contribution in [0.2, 0.25) is 5.02 Å². The van der Waals surface area contributed by atoms with E-state index >= 15 is 0 Å². The van der Waals surface area contributed by atoms with Crippen molar-refractivity contribution in [2.75, 3.05) is 31.9 Å². The van der Waals surface area contributed by atoms with Gasteiger partial charge in [-0.3, -0.25) is 9.69 Å². The number of benzene rings is 2. The maximum Gasteiger partial charge on any atom is 0.253 e. The molecule has 0 bridgehead atoms. The minimum absolute atomic E-state index is 0. The maximum atomic E-state index is 13.1. The van der Waals surface area contributed by atoms with Gasteiger partial charge >= 0.3 is 0 Å². The molecule has 1 heterocycles. The van der Waals surface area contributed by atoms with Crippen molar-refractivity contribution in [3.63, 3.8) is 0 Å². The van der Waals surface area contributed by atoms with Gasteiger partial charge in [-0.25, -0.2) is 4.39 Å². The van der Waals surface area contributed by atoms with Crippen LogP contribution in [0.25, 0.3) is 0 Å². The van der Waals surface area contributed by atoms with E-state index in [9.17, 15) is 9.18 Å². The molecule has 0 unspecified atom stereocenters. The molecule has 3 rings (SSSR count). The smallest absolute Gasteiger partial charge is 0.253 e. The molecule has 2 N–H and O–H groups in total. The maximum absolute atomic E-state index is 13.1. The summed E-state index contributed by atoms with van der Waals surface area (Å²) in [6.07, 6.45) is 0. The third-order valence-electron chi connectivity index (χ3n) is 4.23. The number of halogens is 3. The van der Waals surface area contributed by atoms with Crippen molar-refractivity contribution in [1.29, 1.82) is 0 Å². The van der Waals surface area contributed by atoms with Crippen molar-refractivity contribution >= 4 is 35.6 Å². The van der Waals surface area contributed by atoms with Gasteiger partial charge in [0.25, 0.3) is 5.91 Å². The van der Waals surface area contributed by atoms with Gasteiger partial charge in [-0.15, -0.1) is 12.4 Å². The van der Waals surface area contributed by atoms with Gasteiger partial charge in [0, 0.05) is 49.0 Å². The van der Waals surface area contributed by atoms with Gasteiger partial charge in [0.2, 0.25) is 0 Å². The summed E-state index contributed by atoms with van der Waals surface area (Å²) in [7, 11) is 0. The van der Waals surface area contributed by atoms with E-state index in [2.05, 4.69) is 4.90 Å². The molecule has 134 valence electrons. The zero-order valence-electron chi connectivity index (χ0n) is 13.6. The quantitative estimate of drug-likeness (QED) is 0.825. The summed E-state index contributed by atoms with van der Waals surface area (Å²) >= 11 is 6.08. The van der Waals surface area contributed by atoms with Gasteiger partial charge in [0.15, 0.2) is 0 Å². The zero-order chi connectivity index (χ0) is 17.1. The van der Waals surface area contributed by atoms with Crippen molar-refractivity contribution in [2.45, 2.75) is 6.54 Å². The Hall–Kier alpha value is -1.82. The Bertz CT molecular complexity index is 732. The summed E-state index contributed by atoms with van der Waals surface area (Å²) in [5.41, 5.74) is 7.85. The Labute approximate surface area is 157 Å². The van der Waals surface area contributed by atoms with E-state index in [1.807, 2.05) is 4.90 Å². The Morgan fingerprint density at radius 2 is 1.72 bits per heavy atom. The van der Waals surface area contributed by atoms with Gasteiger partial charge in [-0.05, 0) is 42.0 Å². The molecule has 25 heavy (non-hydrogen) atoms. The third kappa shape index (κ3) is 4.84. The molecule has 0 radical (unpaired) electrons. The highest BCUT2D eigenvalue weighted by Gasteiger charge is 2.22. The lowest BCUT2D eigenvalue weighted by Crippen LogP contribution is -2.48. The molecule has 2 aromatic carbocycles. The highest BCUT2D eigenvalue weighted by Crippen LogP contribution is 2.20. The van der Waals surface area contributed by atoms with Gasteiger partial charge < -0.3 is 10.6 Å². The number of amides is 1. The topological polar surface area (TPSA) is 49.6 Å². The third-order valence-corrected chi connectivity index (χ3v) is 4.58. The average Bonchev–Trinajstić information content (AvgIpc) is 2.58. The SMILES string of the molecule is Cl.Nc1ccc(C(=O)N2CCN(Cc3ccc(F)cc3Cl)CC2)cc1. The summed E-state index contributed by atoms with van der Waals surface area (Å²) in [5, 5.41) is 0.440. The van der Waals surface area contributed by atoms with E-state index in [1.54, 1.807) is 30.3 Å². The molecule has 2 aromatic rings. The number of piperazine rings is 1. The summed E-state index contributed by atoms with van der Waals surface area (Å²) in [6.45, 7) is 3.48. The van der Waals surface area contributed by atoms with Crippen LogP contribution in [0.1, 0.15) is 15.9 Å². The van der Waals surface area contributed by atoms with Crippen LogP contribution in [-0.2, 0) is 6.54 Å². The van der Waals surface area contributed by atoms with Crippen LogP contribution < -0.4 is 5.73 Å². The molecule has 0 spiro atoms. The van der Waals surface area contributed by atoms with E-state index in [1.165, 1.54) is 12.1 Å². The molecular formula is C18H20Cl2FN3O. The fourth-order valence-corrected chi connectivity index (χ4v) is 3.04. The standard InChI is InChI=1S/C18H19ClFN3O.ClH/c19-17-11-15(20)4-1-14(17)12-22-7-9-23(10-8-22)18(24)13-2-5-16(21)6-3-13;/h1-6,11H,7-10,12,21H2;1H.